The highest BCUT2D eigenvalue weighted by molar-refractivity contribution is 8.01. The molecular weight excluding hydrogens is 470 g/mol. The number of aliphatic carboxylic acids is 1. The zero-order valence-electron chi connectivity index (χ0n) is 18.0. The Bertz CT molecular complexity index is 1060. The highest BCUT2D eigenvalue weighted by Crippen LogP contribution is 2.31. The second-order valence-electron chi connectivity index (χ2n) is 8.00. The first-order valence-corrected chi connectivity index (χ1v) is 14.0. The molecular formula is C21H27N3O5S3. The van der Waals surface area contributed by atoms with Crippen LogP contribution in [-0.4, -0.2) is 49.1 Å². The second kappa shape index (κ2) is 10.7. The Hall–Kier alpha value is -2.11. The molecule has 0 spiro atoms. The topological polar surface area (TPSA) is 117 Å². The van der Waals surface area contributed by atoms with Crippen LogP contribution in [0.1, 0.15) is 32.6 Å². The van der Waals surface area contributed by atoms with Gasteiger partial charge in [-0.3, -0.25) is 15.0 Å². The number of rotatable bonds is 9. The van der Waals surface area contributed by atoms with Crippen molar-refractivity contribution >= 4 is 55.8 Å². The van der Waals surface area contributed by atoms with Gasteiger partial charge in [0.05, 0.1) is 21.2 Å². The molecule has 0 radical (unpaired) electrons. The zero-order chi connectivity index (χ0) is 23.3. The standard InChI is InChI=1S/C21H27N3O5S3/c1-14(19(25)26)13-30-18-11-22-20(31-18)23-21(27)24(12-15-6-3-4-7-15)16-8-5-9-17(10-16)32(2,28)29/h5,8-11,14-15H,3-4,6-7,12-13H2,1-2H3,(H,25,26)(H,22,23,27). The van der Waals surface area contributed by atoms with Gasteiger partial charge in [0.1, 0.15) is 0 Å². The average Bonchev–Trinajstić information content (AvgIpc) is 3.41. The van der Waals surface area contributed by atoms with Gasteiger partial charge in [0, 0.05) is 24.2 Å². The SMILES string of the molecule is CC(CSc1cnc(NC(=O)N(CC2CCCC2)c2cccc(S(C)(=O)=O)c2)s1)C(=O)O. The van der Waals surface area contributed by atoms with Crippen molar-refractivity contribution in [2.45, 2.75) is 41.7 Å². The van der Waals surface area contributed by atoms with E-state index >= 15 is 0 Å². The highest BCUT2D eigenvalue weighted by atomic mass is 32.2. The smallest absolute Gasteiger partial charge is 0.328 e. The van der Waals surface area contributed by atoms with Gasteiger partial charge in [0.2, 0.25) is 0 Å². The number of hydrogen-bond acceptors (Lipinski definition) is 7. The third-order valence-electron chi connectivity index (χ3n) is 5.31. The first-order chi connectivity index (χ1) is 15.1. The van der Waals surface area contributed by atoms with Crippen LogP contribution in [0.3, 0.4) is 0 Å². The molecule has 174 valence electrons. The lowest BCUT2D eigenvalue weighted by molar-refractivity contribution is -0.140. The number of anilines is 2. The lowest BCUT2D eigenvalue weighted by Crippen LogP contribution is -2.38. The largest absolute Gasteiger partial charge is 0.481 e. The number of carboxylic acid groups (broad SMARTS) is 1. The van der Waals surface area contributed by atoms with Gasteiger partial charge in [0.25, 0.3) is 0 Å². The summed E-state index contributed by atoms with van der Waals surface area (Å²) in [7, 11) is -3.40. The third kappa shape index (κ3) is 6.69. The van der Waals surface area contributed by atoms with E-state index in [2.05, 4.69) is 10.3 Å². The molecule has 1 atom stereocenters. The van der Waals surface area contributed by atoms with Crippen molar-refractivity contribution in [3.63, 3.8) is 0 Å². The molecule has 1 fully saturated rings. The number of carboxylic acids is 1. The minimum atomic E-state index is -3.40. The number of carbonyl (C=O) groups is 2. The molecule has 1 aromatic heterocycles. The van der Waals surface area contributed by atoms with E-state index in [4.69, 9.17) is 5.11 Å². The molecule has 0 aliphatic heterocycles. The fraction of sp³-hybridized carbons (Fsp3) is 0.476. The van der Waals surface area contributed by atoms with E-state index in [-0.39, 0.29) is 10.9 Å². The van der Waals surface area contributed by atoms with Gasteiger partial charge in [-0.2, -0.15) is 0 Å². The number of sulfone groups is 1. The molecule has 0 bridgehead atoms. The van der Waals surface area contributed by atoms with Gasteiger partial charge < -0.3 is 5.11 Å². The Kier molecular flexibility index (Phi) is 8.18. The molecule has 8 nitrogen and oxygen atoms in total. The van der Waals surface area contributed by atoms with Crippen LogP contribution in [-0.2, 0) is 14.6 Å². The maximum absolute atomic E-state index is 13.2. The molecule has 3 rings (SSSR count). The number of thiazole rings is 1. The van der Waals surface area contributed by atoms with Crippen LogP contribution in [0.25, 0.3) is 0 Å². The molecule has 0 saturated heterocycles. The summed E-state index contributed by atoms with van der Waals surface area (Å²) in [5, 5.41) is 12.2. The van der Waals surface area contributed by atoms with E-state index in [9.17, 15) is 18.0 Å². The molecule has 2 aromatic rings. The second-order valence-corrected chi connectivity index (χ2v) is 12.4. The number of urea groups is 1. The minimum Gasteiger partial charge on any atom is -0.481 e. The summed E-state index contributed by atoms with van der Waals surface area (Å²) in [6.45, 7) is 2.15. The lowest BCUT2D eigenvalue weighted by Gasteiger charge is -2.26. The van der Waals surface area contributed by atoms with Crippen LogP contribution in [0, 0.1) is 11.8 Å². The quantitative estimate of drug-likeness (QED) is 0.487. The molecule has 2 amide bonds. The maximum Gasteiger partial charge on any atom is 0.328 e. The van der Waals surface area contributed by atoms with Crippen LogP contribution in [0.5, 0.6) is 0 Å². The average molecular weight is 498 g/mol. The van der Waals surface area contributed by atoms with Crippen molar-refractivity contribution in [2.75, 3.05) is 28.8 Å². The molecule has 1 aliphatic rings. The number of carbonyl (C=O) groups excluding carboxylic acids is 1. The van der Waals surface area contributed by atoms with E-state index in [0.29, 0.717) is 29.0 Å². The third-order valence-corrected chi connectivity index (χ3v) is 8.79. The Labute approximate surface area is 196 Å². The van der Waals surface area contributed by atoms with E-state index in [1.54, 1.807) is 30.2 Å². The minimum absolute atomic E-state index is 0.166. The van der Waals surface area contributed by atoms with Crippen LogP contribution in [0.2, 0.25) is 0 Å². The fourth-order valence-electron chi connectivity index (χ4n) is 3.46. The molecule has 11 heteroatoms. The monoisotopic (exact) mass is 497 g/mol. The molecule has 2 N–H and O–H groups in total. The van der Waals surface area contributed by atoms with Gasteiger partial charge in [-0.05, 0) is 37.0 Å². The number of nitrogens with zero attached hydrogens (tertiary/aromatic N) is 2. The Morgan fingerprint density at radius 1 is 1.34 bits per heavy atom. The first-order valence-electron chi connectivity index (χ1n) is 10.3. The van der Waals surface area contributed by atoms with Crippen molar-refractivity contribution in [1.82, 2.24) is 4.98 Å². The Balaban J connectivity index is 1.75. The van der Waals surface area contributed by atoms with Gasteiger partial charge >= 0.3 is 12.0 Å². The highest BCUT2D eigenvalue weighted by Gasteiger charge is 2.25. The molecule has 1 saturated carbocycles. The number of benzene rings is 1. The summed E-state index contributed by atoms with van der Waals surface area (Å²) in [5.74, 6) is -0.557. The number of hydrogen-bond donors (Lipinski definition) is 2. The summed E-state index contributed by atoms with van der Waals surface area (Å²) < 4.78 is 24.8. The first kappa shape index (κ1) is 24.5. The van der Waals surface area contributed by atoms with Gasteiger partial charge in [-0.25, -0.2) is 18.2 Å². The van der Waals surface area contributed by atoms with Gasteiger partial charge in [-0.1, -0.05) is 37.2 Å². The van der Waals surface area contributed by atoms with Crippen LogP contribution >= 0.6 is 23.1 Å². The van der Waals surface area contributed by atoms with Crippen LogP contribution in [0.15, 0.2) is 39.6 Å². The molecule has 32 heavy (non-hydrogen) atoms. The predicted molar refractivity (Wildman–Crippen MR) is 128 cm³/mol. The number of thioether (sulfide) groups is 1. The summed E-state index contributed by atoms with van der Waals surface area (Å²) in [4.78, 5) is 30.2. The van der Waals surface area contributed by atoms with Crippen molar-refractivity contribution < 1.29 is 23.1 Å². The zero-order valence-corrected chi connectivity index (χ0v) is 20.4. The summed E-state index contributed by atoms with van der Waals surface area (Å²) in [5.41, 5.74) is 0.527. The van der Waals surface area contributed by atoms with Crippen molar-refractivity contribution in [3.8, 4) is 0 Å². The number of nitrogens with one attached hydrogen (secondary N) is 1. The summed E-state index contributed by atoms with van der Waals surface area (Å²) >= 11 is 2.67. The summed E-state index contributed by atoms with van der Waals surface area (Å²) in [6, 6.07) is 6.06. The summed E-state index contributed by atoms with van der Waals surface area (Å²) in [6.07, 6.45) is 7.10. The van der Waals surface area contributed by atoms with E-state index < -0.39 is 21.7 Å². The van der Waals surface area contributed by atoms with Gasteiger partial charge in [-0.15, -0.1) is 11.8 Å². The number of aromatic nitrogens is 1. The van der Waals surface area contributed by atoms with Crippen LogP contribution < -0.4 is 10.2 Å². The van der Waals surface area contributed by atoms with E-state index in [1.807, 2.05) is 0 Å². The van der Waals surface area contributed by atoms with E-state index in [1.165, 1.54) is 35.2 Å². The fourth-order valence-corrected chi connectivity index (χ4v) is 6.02. The molecule has 1 aliphatic carbocycles. The predicted octanol–water partition coefficient (Wildman–Crippen LogP) is 4.59. The van der Waals surface area contributed by atoms with Crippen molar-refractivity contribution in [1.29, 1.82) is 0 Å². The molecule has 1 unspecified atom stereocenters. The lowest BCUT2D eigenvalue weighted by atomic mass is 10.1. The Morgan fingerprint density at radius 2 is 2.06 bits per heavy atom. The molecule has 1 heterocycles. The van der Waals surface area contributed by atoms with Crippen molar-refractivity contribution in [2.24, 2.45) is 11.8 Å². The molecule has 1 aromatic carbocycles. The maximum atomic E-state index is 13.2. The van der Waals surface area contributed by atoms with Crippen LogP contribution in [0.4, 0.5) is 15.6 Å². The Morgan fingerprint density at radius 3 is 2.72 bits per heavy atom. The normalized spacial score (nSPS) is 15.4. The van der Waals surface area contributed by atoms with Gasteiger partial charge in [0.15, 0.2) is 15.0 Å². The number of amides is 2. The van der Waals surface area contributed by atoms with Crippen molar-refractivity contribution in [3.05, 3.63) is 30.5 Å². The van der Waals surface area contributed by atoms with E-state index in [0.717, 1.165) is 36.1 Å².